The van der Waals surface area contributed by atoms with E-state index in [0.717, 1.165) is 19.5 Å². The van der Waals surface area contributed by atoms with E-state index in [1.807, 2.05) is 5.01 Å². The van der Waals surface area contributed by atoms with Gasteiger partial charge in [0.2, 0.25) is 5.91 Å². The van der Waals surface area contributed by atoms with Gasteiger partial charge in [-0.2, -0.15) is 0 Å². The first kappa shape index (κ1) is 18.9. The molecule has 0 aromatic carbocycles. The highest BCUT2D eigenvalue weighted by atomic mass is 35.5. The lowest BCUT2D eigenvalue weighted by Gasteiger charge is -2.34. The minimum Gasteiger partial charge on any atom is -0.487 e. The van der Waals surface area contributed by atoms with E-state index in [2.05, 4.69) is 33.0 Å². The maximum absolute atomic E-state index is 13.0. The monoisotopic (exact) mass is 395 g/mol. The molecule has 5 N–H and O–H groups in total. The molecule has 3 fully saturated rings. The lowest BCUT2D eigenvalue weighted by molar-refractivity contribution is -0.121. The Labute approximate surface area is 163 Å². The summed E-state index contributed by atoms with van der Waals surface area (Å²) in [6, 6.07) is 1.78. The summed E-state index contributed by atoms with van der Waals surface area (Å²) in [5, 5.41) is 8.13. The second kappa shape index (κ2) is 7.86. The number of rotatable bonds is 4. The molecule has 27 heavy (non-hydrogen) atoms. The van der Waals surface area contributed by atoms with E-state index in [1.54, 1.807) is 18.5 Å². The molecule has 0 spiro atoms. The Balaban J connectivity index is 1.45. The molecule has 1 aromatic rings. The van der Waals surface area contributed by atoms with Crippen LogP contribution in [0.4, 0.5) is 5.69 Å². The lowest BCUT2D eigenvalue weighted by Crippen LogP contribution is -2.58. The summed E-state index contributed by atoms with van der Waals surface area (Å²) in [4.78, 5) is 19.3. The highest BCUT2D eigenvalue weighted by Crippen LogP contribution is 2.28. The molecule has 0 aliphatic carbocycles. The van der Waals surface area contributed by atoms with Gasteiger partial charge in [0.1, 0.15) is 17.5 Å². The summed E-state index contributed by atoms with van der Waals surface area (Å²) >= 11 is 6.19. The summed E-state index contributed by atoms with van der Waals surface area (Å²) in [5.74, 6) is -0.00305. The van der Waals surface area contributed by atoms with Gasteiger partial charge in [0.25, 0.3) is 0 Å². The van der Waals surface area contributed by atoms with Gasteiger partial charge in [-0.1, -0.05) is 0 Å². The Morgan fingerprint density at radius 1 is 1.48 bits per heavy atom. The number of aromatic nitrogens is 1. The third-order valence-corrected chi connectivity index (χ3v) is 5.60. The van der Waals surface area contributed by atoms with Gasteiger partial charge in [-0.3, -0.25) is 15.1 Å². The molecule has 1 aromatic heterocycles. The van der Waals surface area contributed by atoms with E-state index >= 15 is 0 Å². The number of hydrogen-bond donors (Lipinski definition) is 4. The number of ether oxygens (including phenoxy) is 1. The molecule has 5 atom stereocenters. The minimum absolute atomic E-state index is 0.0226. The fraction of sp³-hybridized carbons (Fsp3) is 0.647. The zero-order valence-electron chi connectivity index (χ0n) is 15.3. The molecule has 3 saturated heterocycles. The van der Waals surface area contributed by atoms with Crippen molar-refractivity contribution in [1.29, 1.82) is 0 Å². The number of likely N-dealkylation sites (tertiary alicyclic amines) is 1. The minimum atomic E-state index is -0.492. The normalized spacial score (nSPS) is 34.4. The molecule has 148 valence electrons. The number of anilines is 1. The fourth-order valence-corrected chi connectivity index (χ4v) is 4.18. The summed E-state index contributed by atoms with van der Waals surface area (Å²) in [6.45, 7) is 3.14. The average Bonchev–Trinajstić information content (AvgIpc) is 3.18. The Morgan fingerprint density at radius 3 is 3.11 bits per heavy atom. The first-order chi connectivity index (χ1) is 13.0. The van der Waals surface area contributed by atoms with Crippen molar-refractivity contribution in [3.05, 3.63) is 18.5 Å². The van der Waals surface area contributed by atoms with Gasteiger partial charge < -0.3 is 20.7 Å². The van der Waals surface area contributed by atoms with Crippen molar-refractivity contribution in [1.82, 2.24) is 25.6 Å². The zero-order chi connectivity index (χ0) is 19.0. The van der Waals surface area contributed by atoms with Crippen LogP contribution >= 0.6 is 11.6 Å². The molecular weight excluding hydrogens is 370 g/mol. The number of nitrogens with zero attached hydrogens (tertiary/aromatic N) is 3. The zero-order valence-corrected chi connectivity index (χ0v) is 16.0. The molecule has 0 saturated carbocycles. The van der Waals surface area contributed by atoms with Gasteiger partial charge in [0.05, 0.1) is 29.8 Å². The van der Waals surface area contributed by atoms with Gasteiger partial charge in [-0.25, -0.2) is 10.4 Å². The number of likely N-dealkylation sites (N-methyl/N-ethyl adjacent to an activating group) is 1. The maximum atomic E-state index is 13.0. The topological polar surface area (TPSA) is 108 Å². The van der Waals surface area contributed by atoms with Crippen LogP contribution < -0.4 is 26.5 Å². The standard InChI is InChI=1S/C17H26ClN7O2/c1-24-5-3-11(9-24)27-13-2-4-20-7-12(13)22-17(26)14-15(19)23-25-8-10(18)6-21-16(14)25/h2,4,7,10-11,14-16,21,23H,3,5-6,8-9,19H2,1H3,(H,22,26)/t10?,11-,14?,15?,16?/m1/s1. The number of fused-ring (bicyclic) bond motifs is 1. The van der Waals surface area contributed by atoms with Gasteiger partial charge in [-0.05, 0) is 13.5 Å². The van der Waals surface area contributed by atoms with E-state index in [9.17, 15) is 4.79 Å². The molecule has 10 heteroatoms. The van der Waals surface area contributed by atoms with Gasteiger partial charge in [0, 0.05) is 38.4 Å². The molecule has 0 bridgehead atoms. The van der Waals surface area contributed by atoms with E-state index in [-0.39, 0.29) is 23.6 Å². The van der Waals surface area contributed by atoms with Crippen molar-refractivity contribution >= 4 is 23.2 Å². The second-order valence-electron chi connectivity index (χ2n) is 7.44. The highest BCUT2D eigenvalue weighted by Gasteiger charge is 2.46. The van der Waals surface area contributed by atoms with Crippen molar-refractivity contribution in [2.45, 2.75) is 30.2 Å². The Bertz CT molecular complexity index is 693. The van der Waals surface area contributed by atoms with Crippen LogP contribution in [0.15, 0.2) is 18.5 Å². The van der Waals surface area contributed by atoms with Crippen LogP contribution in [-0.2, 0) is 4.79 Å². The summed E-state index contributed by atoms with van der Waals surface area (Å²) in [7, 11) is 2.07. The number of hydrogen-bond acceptors (Lipinski definition) is 8. The van der Waals surface area contributed by atoms with Crippen LogP contribution in [0.2, 0.25) is 0 Å². The van der Waals surface area contributed by atoms with Crippen molar-refractivity contribution in [2.24, 2.45) is 11.7 Å². The van der Waals surface area contributed by atoms with Crippen LogP contribution in [0.25, 0.3) is 0 Å². The largest absolute Gasteiger partial charge is 0.487 e. The van der Waals surface area contributed by atoms with E-state index in [4.69, 9.17) is 22.1 Å². The summed E-state index contributed by atoms with van der Waals surface area (Å²) < 4.78 is 6.10. The number of amides is 1. The SMILES string of the molecule is CN1CC[C@@H](Oc2ccncc2NC(=O)C2C(N)NN3CC(Cl)CNC23)C1. The van der Waals surface area contributed by atoms with Gasteiger partial charge in [-0.15, -0.1) is 11.6 Å². The predicted octanol–water partition coefficient (Wildman–Crippen LogP) is -0.639. The average molecular weight is 396 g/mol. The molecule has 4 unspecified atom stereocenters. The van der Waals surface area contributed by atoms with Crippen LogP contribution in [0.1, 0.15) is 6.42 Å². The number of hydrazine groups is 1. The fourth-order valence-electron chi connectivity index (χ4n) is 3.94. The first-order valence-electron chi connectivity index (χ1n) is 9.27. The Hall–Kier alpha value is -1.49. The number of carbonyl (C=O) groups excluding carboxylic acids is 1. The lowest BCUT2D eigenvalue weighted by atomic mass is 10.0. The number of nitrogens with one attached hydrogen (secondary N) is 3. The predicted molar refractivity (Wildman–Crippen MR) is 102 cm³/mol. The smallest absolute Gasteiger partial charge is 0.233 e. The van der Waals surface area contributed by atoms with Crippen molar-refractivity contribution in [3.8, 4) is 5.75 Å². The van der Waals surface area contributed by atoms with Crippen LogP contribution in [0, 0.1) is 5.92 Å². The number of alkyl halides is 1. The van der Waals surface area contributed by atoms with Crippen molar-refractivity contribution < 1.29 is 9.53 Å². The van der Waals surface area contributed by atoms with Crippen molar-refractivity contribution in [3.63, 3.8) is 0 Å². The number of nitrogens with two attached hydrogens (primary N) is 1. The van der Waals surface area contributed by atoms with E-state index in [1.165, 1.54) is 0 Å². The van der Waals surface area contributed by atoms with Gasteiger partial charge >= 0.3 is 0 Å². The third kappa shape index (κ3) is 4.03. The summed E-state index contributed by atoms with van der Waals surface area (Å²) in [6.07, 6.45) is 3.66. The Morgan fingerprint density at radius 2 is 2.33 bits per heavy atom. The van der Waals surface area contributed by atoms with E-state index in [0.29, 0.717) is 24.5 Å². The summed E-state index contributed by atoms with van der Waals surface area (Å²) in [5.41, 5.74) is 9.87. The number of pyridine rings is 1. The molecular formula is C17H26ClN7O2. The molecule has 4 heterocycles. The highest BCUT2D eigenvalue weighted by molar-refractivity contribution is 6.21. The number of halogens is 1. The number of carbonyl (C=O) groups is 1. The third-order valence-electron chi connectivity index (χ3n) is 5.30. The van der Waals surface area contributed by atoms with Crippen LogP contribution in [-0.4, -0.2) is 77.8 Å². The maximum Gasteiger partial charge on any atom is 0.233 e. The second-order valence-corrected chi connectivity index (χ2v) is 8.05. The van der Waals surface area contributed by atoms with Gasteiger partial charge in [0.15, 0.2) is 0 Å². The van der Waals surface area contributed by atoms with E-state index < -0.39 is 12.1 Å². The molecule has 4 rings (SSSR count). The molecule has 0 radical (unpaired) electrons. The first-order valence-corrected chi connectivity index (χ1v) is 9.71. The Kier molecular flexibility index (Phi) is 5.49. The molecule has 3 aliphatic rings. The van der Waals surface area contributed by atoms with Crippen molar-refractivity contribution in [2.75, 3.05) is 38.5 Å². The molecule has 9 nitrogen and oxygen atoms in total. The van der Waals surface area contributed by atoms with Crippen LogP contribution in [0.3, 0.4) is 0 Å². The molecule has 3 aliphatic heterocycles. The van der Waals surface area contributed by atoms with Crippen LogP contribution in [0.5, 0.6) is 5.75 Å². The quantitative estimate of drug-likeness (QED) is 0.499. The molecule has 1 amide bonds.